The van der Waals surface area contributed by atoms with Crippen molar-refractivity contribution in [2.24, 2.45) is 7.05 Å². The molecule has 0 aliphatic carbocycles. The molecule has 0 unspecified atom stereocenters. The normalized spacial score (nSPS) is 16.2. The number of alkyl halides is 3. The minimum Gasteiger partial charge on any atom is -0.490 e. The highest BCUT2D eigenvalue weighted by atomic mass is 19.4. The van der Waals surface area contributed by atoms with Gasteiger partial charge in [0.15, 0.2) is 5.75 Å². The lowest BCUT2D eigenvalue weighted by Crippen LogP contribution is -2.29. The number of carbonyl (C=O) groups is 2. The highest BCUT2D eigenvalue weighted by Crippen LogP contribution is 2.48. The summed E-state index contributed by atoms with van der Waals surface area (Å²) in [6, 6.07) is 7.30. The van der Waals surface area contributed by atoms with Crippen LogP contribution in [0.25, 0.3) is 27.7 Å². The van der Waals surface area contributed by atoms with Gasteiger partial charge in [-0.3, -0.25) is 9.59 Å². The van der Waals surface area contributed by atoms with Gasteiger partial charge in [-0.2, -0.15) is 13.2 Å². The predicted octanol–water partition coefficient (Wildman–Crippen LogP) is 5.83. The lowest BCUT2D eigenvalue weighted by Gasteiger charge is -2.22. The molecule has 3 aromatic heterocycles. The summed E-state index contributed by atoms with van der Waals surface area (Å²) < 4.78 is 88.1. The van der Waals surface area contributed by atoms with Crippen molar-refractivity contribution in [2.75, 3.05) is 31.7 Å². The summed E-state index contributed by atoms with van der Waals surface area (Å²) in [7, 11) is 1.59. The summed E-state index contributed by atoms with van der Waals surface area (Å²) in [5.41, 5.74) is -0.722. The Bertz CT molecular complexity index is 2110. The number of amides is 1. The first-order chi connectivity index (χ1) is 23.0. The zero-order valence-electron chi connectivity index (χ0n) is 25.5. The van der Waals surface area contributed by atoms with Crippen molar-refractivity contribution in [1.29, 1.82) is 0 Å². The molecule has 248 valence electrons. The number of hydrogen-bond donors (Lipinski definition) is 2. The summed E-state index contributed by atoms with van der Waals surface area (Å²) in [5.74, 6) is -3.90. The fourth-order valence-corrected chi connectivity index (χ4v) is 6.27. The lowest BCUT2D eigenvalue weighted by molar-refractivity contribution is -0.137. The van der Waals surface area contributed by atoms with Crippen LogP contribution in [0.2, 0.25) is 0 Å². The standard InChI is InChI=1S/C34H28F5N5O4/c1-43-17-41-30-25(43)15-22(34(37,38)39)28-21-4-3-9-44-26(14-18(31(21)44)6-11-48-33(28)30)32(46)19-12-23(35)29(24(36)13-19)42-27(45)5-2-8-40-20-7-10-47-16-20/h2-5,9,12-15,17,20,40H,6-8,10-11,16H2,1H3,(H,42,45)/b5-2+/t20-/m0/s1. The number of hydrogen-bond acceptors (Lipinski definition) is 6. The predicted molar refractivity (Wildman–Crippen MR) is 166 cm³/mol. The van der Waals surface area contributed by atoms with Crippen LogP contribution in [0.3, 0.4) is 0 Å². The summed E-state index contributed by atoms with van der Waals surface area (Å²) in [6.45, 7) is 1.57. The van der Waals surface area contributed by atoms with Crippen molar-refractivity contribution < 1.29 is 41.0 Å². The van der Waals surface area contributed by atoms with E-state index in [-0.39, 0.29) is 58.2 Å². The van der Waals surface area contributed by atoms with Gasteiger partial charge in [-0.1, -0.05) is 12.1 Å². The van der Waals surface area contributed by atoms with Crippen molar-refractivity contribution in [3.8, 4) is 16.9 Å². The Morgan fingerprint density at radius 1 is 1.12 bits per heavy atom. The number of benzene rings is 2. The molecule has 0 saturated carbocycles. The average molecular weight is 666 g/mol. The minimum atomic E-state index is -4.76. The third-order valence-corrected chi connectivity index (χ3v) is 8.54. The maximum absolute atomic E-state index is 15.2. The van der Waals surface area contributed by atoms with E-state index in [9.17, 15) is 22.8 Å². The van der Waals surface area contributed by atoms with E-state index in [1.165, 1.54) is 45.8 Å². The van der Waals surface area contributed by atoms with Crippen LogP contribution in [0.4, 0.5) is 27.6 Å². The zero-order valence-corrected chi connectivity index (χ0v) is 25.5. The molecule has 14 heteroatoms. The van der Waals surface area contributed by atoms with Gasteiger partial charge >= 0.3 is 6.18 Å². The minimum absolute atomic E-state index is 0.0151. The van der Waals surface area contributed by atoms with Crippen molar-refractivity contribution in [1.82, 2.24) is 19.3 Å². The summed E-state index contributed by atoms with van der Waals surface area (Å²) in [4.78, 5) is 30.4. The van der Waals surface area contributed by atoms with Crippen LogP contribution in [0.15, 0.2) is 61.1 Å². The number of anilines is 1. The average Bonchev–Trinajstić information content (AvgIpc) is 3.78. The van der Waals surface area contributed by atoms with E-state index < -0.39 is 40.8 Å². The maximum atomic E-state index is 15.2. The van der Waals surface area contributed by atoms with Gasteiger partial charge < -0.3 is 29.1 Å². The number of aromatic nitrogens is 3. The molecule has 9 nitrogen and oxygen atoms in total. The third-order valence-electron chi connectivity index (χ3n) is 8.54. The quantitative estimate of drug-likeness (QED) is 0.129. The van der Waals surface area contributed by atoms with E-state index in [1.807, 2.05) is 0 Å². The molecule has 1 fully saturated rings. The molecule has 5 aromatic rings. The number of carbonyl (C=O) groups excluding carboxylic acids is 2. The number of aryl methyl sites for hydroxylation is 1. The lowest BCUT2D eigenvalue weighted by atomic mass is 9.94. The number of ketones is 1. The highest BCUT2D eigenvalue weighted by molar-refractivity contribution is 6.10. The van der Waals surface area contributed by atoms with Crippen LogP contribution in [0.5, 0.6) is 5.75 Å². The molecule has 48 heavy (non-hydrogen) atoms. The second-order valence-corrected chi connectivity index (χ2v) is 11.6. The molecule has 0 radical (unpaired) electrons. The first kappa shape index (κ1) is 31.5. The number of rotatable bonds is 7. The van der Waals surface area contributed by atoms with Crippen molar-refractivity contribution in [3.05, 3.63) is 95.1 Å². The molecule has 1 saturated heterocycles. The molecule has 5 heterocycles. The van der Waals surface area contributed by atoms with E-state index in [4.69, 9.17) is 9.47 Å². The SMILES string of the molecule is Cn1cnc2c3c(c(C(F)(F)F)cc21)-c1cccn2c(C(=O)c4cc(F)c(NC(=O)/C=C/CN[C@H]5CCOC5)c(F)c4)cc(c12)CCO3. The summed E-state index contributed by atoms with van der Waals surface area (Å²) in [6.07, 6.45) is 1.89. The second kappa shape index (κ2) is 12.2. The first-order valence-corrected chi connectivity index (χ1v) is 15.1. The number of fused-ring (bicyclic) bond motifs is 4. The van der Waals surface area contributed by atoms with Crippen molar-refractivity contribution in [2.45, 2.75) is 25.1 Å². The zero-order chi connectivity index (χ0) is 33.7. The monoisotopic (exact) mass is 665 g/mol. The highest BCUT2D eigenvalue weighted by Gasteiger charge is 2.38. The Morgan fingerprint density at radius 3 is 2.65 bits per heavy atom. The molecule has 1 amide bonds. The number of ether oxygens (including phenoxy) is 2. The maximum Gasteiger partial charge on any atom is 0.417 e. The van der Waals surface area contributed by atoms with E-state index in [1.54, 1.807) is 7.05 Å². The Morgan fingerprint density at radius 2 is 1.92 bits per heavy atom. The number of pyridine rings is 1. The van der Waals surface area contributed by atoms with Gasteiger partial charge in [0.05, 0.1) is 41.8 Å². The van der Waals surface area contributed by atoms with E-state index >= 15 is 8.78 Å². The van der Waals surface area contributed by atoms with Crippen LogP contribution >= 0.6 is 0 Å². The largest absolute Gasteiger partial charge is 0.490 e. The van der Waals surface area contributed by atoms with Crippen LogP contribution in [0, 0.1) is 11.6 Å². The Hall–Kier alpha value is -5.08. The van der Waals surface area contributed by atoms with Gasteiger partial charge in [0.25, 0.3) is 0 Å². The smallest absolute Gasteiger partial charge is 0.417 e. The van der Waals surface area contributed by atoms with Gasteiger partial charge in [0.1, 0.15) is 22.8 Å². The first-order valence-electron chi connectivity index (χ1n) is 15.1. The van der Waals surface area contributed by atoms with Gasteiger partial charge in [0, 0.05) is 61.6 Å². The van der Waals surface area contributed by atoms with Crippen LogP contribution in [-0.2, 0) is 29.2 Å². The van der Waals surface area contributed by atoms with E-state index in [0.29, 0.717) is 30.8 Å². The number of halogens is 5. The molecule has 0 spiro atoms. The molecule has 2 N–H and O–H groups in total. The van der Waals surface area contributed by atoms with E-state index in [2.05, 4.69) is 15.6 Å². The van der Waals surface area contributed by atoms with Gasteiger partial charge in [-0.05, 0) is 42.3 Å². The number of imidazole rings is 1. The fourth-order valence-electron chi connectivity index (χ4n) is 6.27. The van der Waals surface area contributed by atoms with Gasteiger partial charge in [-0.15, -0.1) is 0 Å². The van der Waals surface area contributed by atoms with Crippen LogP contribution < -0.4 is 15.4 Å². The molecular formula is C34H28F5N5O4. The van der Waals surface area contributed by atoms with Gasteiger partial charge in [0.2, 0.25) is 11.7 Å². The summed E-state index contributed by atoms with van der Waals surface area (Å²) in [5, 5.41) is 5.34. The molecule has 2 aliphatic rings. The van der Waals surface area contributed by atoms with Crippen molar-refractivity contribution in [3.63, 3.8) is 0 Å². The molecule has 1 atom stereocenters. The molecule has 2 aliphatic heterocycles. The fraction of sp³-hybridized carbons (Fsp3) is 0.265. The number of nitrogens with one attached hydrogen (secondary N) is 2. The van der Waals surface area contributed by atoms with Crippen LogP contribution in [0.1, 0.15) is 33.6 Å². The Balaban J connectivity index is 1.23. The topological polar surface area (TPSA) is 98.9 Å². The number of nitrogens with zero attached hydrogens (tertiary/aromatic N) is 3. The molecular weight excluding hydrogens is 637 g/mol. The Labute approximate surface area is 270 Å². The van der Waals surface area contributed by atoms with Gasteiger partial charge in [-0.25, -0.2) is 13.8 Å². The molecule has 2 aromatic carbocycles. The summed E-state index contributed by atoms with van der Waals surface area (Å²) >= 11 is 0. The third kappa shape index (κ3) is 5.60. The van der Waals surface area contributed by atoms with Crippen molar-refractivity contribution >= 4 is 33.9 Å². The Kier molecular flexibility index (Phi) is 8.00. The van der Waals surface area contributed by atoms with Crippen LogP contribution in [-0.4, -0.2) is 58.0 Å². The molecule has 7 rings (SSSR count). The van der Waals surface area contributed by atoms with E-state index in [0.717, 1.165) is 30.7 Å². The molecule has 0 bridgehead atoms. The second-order valence-electron chi connectivity index (χ2n) is 11.6.